The molecule has 1 aromatic rings. The molecule has 1 aromatic carbocycles. The summed E-state index contributed by atoms with van der Waals surface area (Å²) in [5.74, 6) is -1.21. The lowest BCUT2D eigenvalue weighted by Crippen LogP contribution is -2.49. The molecule has 0 radical (unpaired) electrons. The summed E-state index contributed by atoms with van der Waals surface area (Å²) in [4.78, 5) is 25.5. The topological polar surface area (TPSA) is 75.4 Å². The average molecular weight is 405 g/mol. The van der Waals surface area contributed by atoms with E-state index in [1.54, 1.807) is 0 Å². The van der Waals surface area contributed by atoms with Gasteiger partial charge in [0.1, 0.15) is 5.82 Å². The van der Waals surface area contributed by atoms with E-state index in [1.807, 2.05) is 22.6 Å². The first kappa shape index (κ1) is 16.2. The zero-order valence-corrected chi connectivity index (χ0v) is 13.6. The van der Waals surface area contributed by atoms with Crippen molar-refractivity contribution in [1.82, 2.24) is 10.2 Å². The van der Waals surface area contributed by atoms with Crippen molar-refractivity contribution < 1.29 is 14.0 Å². The molecule has 1 fully saturated rings. The molecule has 0 atom stereocenters. The van der Waals surface area contributed by atoms with Gasteiger partial charge in [-0.15, -0.1) is 0 Å². The van der Waals surface area contributed by atoms with Crippen molar-refractivity contribution in [2.75, 3.05) is 19.6 Å². The number of benzene rings is 1. The van der Waals surface area contributed by atoms with E-state index in [-0.39, 0.29) is 24.3 Å². The number of hydrogen-bond acceptors (Lipinski definition) is 3. The third kappa shape index (κ3) is 4.13. The highest BCUT2D eigenvalue weighted by Gasteiger charge is 2.28. The molecule has 114 valence electrons. The van der Waals surface area contributed by atoms with Gasteiger partial charge in [0, 0.05) is 9.61 Å². The van der Waals surface area contributed by atoms with Gasteiger partial charge in [-0.3, -0.25) is 9.59 Å². The second-order valence-corrected chi connectivity index (χ2v) is 6.17. The van der Waals surface area contributed by atoms with E-state index in [0.29, 0.717) is 9.13 Å². The Kier molecular flexibility index (Phi) is 5.51. The fourth-order valence-electron chi connectivity index (χ4n) is 2.47. The zero-order chi connectivity index (χ0) is 15.4. The second kappa shape index (κ2) is 7.17. The smallest absolute Gasteiger partial charge is 0.255 e. The van der Waals surface area contributed by atoms with Gasteiger partial charge in [0.2, 0.25) is 5.91 Å². The maximum Gasteiger partial charge on any atom is 0.255 e. The number of nitrogens with one attached hydrogen (secondary N) is 1. The molecule has 2 amide bonds. The van der Waals surface area contributed by atoms with E-state index in [0.717, 1.165) is 25.9 Å². The SMILES string of the molecule is NC(=O)CN(C(=O)c1ccc(F)cc1I)C1CCNCC1. The Balaban J connectivity index is 2.26. The third-order valence-electron chi connectivity index (χ3n) is 3.50. The van der Waals surface area contributed by atoms with Crippen LogP contribution < -0.4 is 11.1 Å². The second-order valence-electron chi connectivity index (χ2n) is 5.00. The summed E-state index contributed by atoms with van der Waals surface area (Å²) in [7, 11) is 0. The highest BCUT2D eigenvalue weighted by Crippen LogP contribution is 2.20. The van der Waals surface area contributed by atoms with Gasteiger partial charge in [-0.1, -0.05) is 0 Å². The highest BCUT2D eigenvalue weighted by molar-refractivity contribution is 14.1. The number of halogens is 2. The zero-order valence-electron chi connectivity index (χ0n) is 11.4. The Morgan fingerprint density at radius 1 is 1.38 bits per heavy atom. The number of nitrogens with zero attached hydrogens (tertiary/aromatic N) is 1. The molecule has 2 rings (SSSR count). The van der Waals surface area contributed by atoms with Crippen LogP contribution in [0.15, 0.2) is 18.2 Å². The highest BCUT2D eigenvalue weighted by atomic mass is 127. The molecular weight excluding hydrogens is 388 g/mol. The predicted molar refractivity (Wildman–Crippen MR) is 85.2 cm³/mol. The summed E-state index contributed by atoms with van der Waals surface area (Å²) in [6, 6.07) is 3.99. The van der Waals surface area contributed by atoms with Crippen LogP contribution in [-0.2, 0) is 4.79 Å². The summed E-state index contributed by atoms with van der Waals surface area (Å²) >= 11 is 1.92. The molecule has 1 saturated heterocycles. The molecule has 0 saturated carbocycles. The van der Waals surface area contributed by atoms with Crippen molar-refractivity contribution in [3.63, 3.8) is 0 Å². The lowest BCUT2D eigenvalue weighted by molar-refractivity contribution is -0.119. The monoisotopic (exact) mass is 405 g/mol. The summed E-state index contributed by atoms with van der Waals surface area (Å²) in [5.41, 5.74) is 5.67. The number of hydrogen-bond donors (Lipinski definition) is 2. The van der Waals surface area contributed by atoms with E-state index >= 15 is 0 Å². The van der Waals surface area contributed by atoms with Crippen LogP contribution in [0.25, 0.3) is 0 Å². The summed E-state index contributed by atoms with van der Waals surface area (Å²) < 4.78 is 13.7. The van der Waals surface area contributed by atoms with E-state index in [2.05, 4.69) is 5.32 Å². The third-order valence-corrected chi connectivity index (χ3v) is 4.39. The van der Waals surface area contributed by atoms with E-state index in [4.69, 9.17) is 5.73 Å². The van der Waals surface area contributed by atoms with Crippen molar-refractivity contribution in [3.05, 3.63) is 33.1 Å². The van der Waals surface area contributed by atoms with Crippen LogP contribution in [0.5, 0.6) is 0 Å². The first-order valence-electron chi connectivity index (χ1n) is 6.74. The van der Waals surface area contributed by atoms with Crippen LogP contribution >= 0.6 is 22.6 Å². The molecule has 1 aliphatic heterocycles. The van der Waals surface area contributed by atoms with Crippen molar-refractivity contribution in [3.8, 4) is 0 Å². The number of primary amides is 1. The Hall–Kier alpha value is -1.22. The number of carbonyl (C=O) groups excluding carboxylic acids is 2. The van der Waals surface area contributed by atoms with Gasteiger partial charge >= 0.3 is 0 Å². The largest absolute Gasteiger partial charge is 0.368 e. The van der Waals surface area contributed by atoms with Crippen LogP contribution in [0, 0.1) is 9.39 Å². The van der Waals surface area contributed by atoms with Crippen molar-refractivity contribution in [1.29, 1.82) is 0 Å². The number of piperidine rings is 1. The molecule has 1 aliphatic rings. The molecule has 1 heterocycles. The molecule has 0 aliphatic carbocycles. The van der Waals surface area contributed by atoms with E-state index in [1.165, 1.54) is 23.1 Å². The van der Waals surface area contributed by atoms with Gasteiger partial charge < -0.3 is 16.0 Å². The standard InChI is InChI=1S/C14H17FIN3O2/c15-9-1-2-11(12(16)7-9)14(21)19(8-13(17)20)10-3-5-18-6-4-10/h1-2,7,10,18H,3-6,8H2,(H2,17,20). The quantitative estimate of drug-likeness (QED) is 0.738. The van der Waals surface area contributed by atoms with Gasteiger partial charge in [0.25, 0.3) is 5.91 Å². The Bertz CT molecular complexity index is 547. The van der Waals surface area contributed by atoms with Crippen LogP contribution in [0.2, 0.25) is 0 Å². The molecule has 0 bridgehead atoms. The average Bonchev–Trinajstić information content (AvgIpc) is 2.45. The molecule has 3 N–H and O–H groups in total. The predicted octanol–water partition coefficient (Wildman–Crippen LogP) is 1.11. The van der Waals surface area contributed by atoms with Crippen LogP contribution in [-0.4, -0.2) is 42.4 Å². The van der Waals surface area contributed by atoms with Crippen molar-refractivity contribution in [2.24, 2.45) is 5.73 Å². The number of carbonyl (C=O) groups is 2. The minimum Gasteiger partial charge on any atom is -0.368 e. The van der Waals surface area contributed by atoms with Crippen molar-refractivity contribution >= 4 is 34.4 Å². The number of rotatable bonds is 4. The normalized spacial score (nSPS) is 15.7. The summed E-state index contributed by atoms with van der Waals surface area (Å²) in [5, 5.41) is 3.22. The summed E-state index contributed by atoms with van der Waals surface area (Å²) in [6.45, 7) is 1.48. The Morgan fingerprint density at radius 3 is 2.62 bits per heavy atom. The Morgan fingerprint density at radius 2 is 2.05 bits per heavy atom. The fraction of sp³-hybridized carbons (Fsp3) is 0.429. The van der Waals surface area contributed by atoms with Gasteiger partial charge in [-0.25, -0.2) is 4.39 Å². The molecule has 0 spiro atoms. The molecule has 5 nitrogen and oxygen atoms in total. The lowest BCUT2D eigenvalue weighted by atomic mass is 10.0. The van der Waals surface area contributed by atoms with Gasteiger partial charge in [0.05, 0.1) is 12.1 Å². The van der Waals surface area contributed by atoms with Crippen LogP contribution in [0.4, 0.5) is 4.39 Å². The molecule has 0 aromatic heterocycles. The summed E-state index contributed by atoms with van der Waals surface area (Å²) in [6.07, 6.45) is 1.55. The maximum atomic E-state index is 13.2. The van der Waals surface area contributed by atoms with Gasteiger partial charge in [-0.05, 0) is 66.7 Å². The molecule has 21 heavy (non-hydrogen) atoms. The van der Waals surface area contributed by atoms with E-state index in [9.17, 15) is 14.0 Å². The van der Waals surface area contributed by atoms with Crippen molar-refractivity contribution in [2.45, 2.75) is 18.9 Å². The molecule has 7 heteroatoms. The Labute approximate surface area is 136 Å². The van der Waals surface area contributed by atoms with Crippen LogP contribution in [0.1, 0.15) is 23.2 Å². The molecular formula is C14H17FIN3O2. The first-order chi connectivity index (χ1) is 9.99. The van der Waals surface area contributed by atoms with E-state index < -0.39 is 5.91 Å². The van der Waals surface area contributed by atoms with Gasteiger partial charge in [0.15, 0.2) is 0 Å². The number of amides is 2. The lowest BCUT2D eigenvalue weighted by Gasteiger charge is -2.34. The first-order valence-corrected chi connectivity index (χ1v) is 7.82. The number of nitrogens with two attached hydrogens (primary N) is 1. The maximum absolute atomic E-state index is 13.2. The minimum atomic E-state index is -0.543. The molecule has 0 unspecified atom stereocenters. The minimum absolute atomic E-state index is 0.0212. The fourth-order valence-corrected chi connectivity index (χ4v) is 3.18. The van der Waals surface area contributed by atoms with Crippen LogP contribution in [0.3, 0.4) is 0 Å². The van der Waals surface area contributed by atoms with Gasteiger partial charge in [-0.2, -0.15) is 0 Å².